The normalized spacial score (nSPS) is 14.6. The topological polar surface area (TPSA) is 215 Å². The number of carboxylic acids is 1. The first-order valence-corrected chi connectivity index (χ1v) is 10.9. The zero-order valence-electron chi connectivity index (χ0n) is 17.6. The molecule has 178 valence electrons. The van der Waals surface area contributed by atoms with Gasteiger partial charge in [-0.1, -0.05) is 13.8 Å². The fourth-order valence-electron chi connectivity index (χ4n) is 2.36. The molecule has 0 aromatic carbocycles. The molecule has 0 aliphatic carbocycles. The Morgan fingerprint density at radius 1 is 0.935 bits per heavy atom. The maximum atomic E-state index is 12.7. The predicted molar refractivity (Wildman–Crippen MR) is 124 cm³/mol. The van der Waals surface area contributed by atoms with E-state index >= 15 is 0 Å². The molecule has 0 aliphatic heterocycles. The van der Waals surface area contributed by atoms with Crippen molar-refractivity contribution < 1.29 is 24.3 Å². The van der Waals surface area contributed by atoms with Crippen molar-refractivity contribution in [3.63, 3.8) is 0 Å². The maximum Gasteiger partial charge on any atom is 0.327 e. The molecule has 0 aromatic rings. The van der Waals surface area contributed by atoms with Gasteiger partial charge in [-0.3, -0.25) is 19.4 Å². The number of thiol groups is 2. The molecule has 0 aliphatic rings. The summed E-state index contributed by atoms with van der Waals surface area (Å²) in [5, 5.41) is 16.4. The van der Waals surface area contributed by atoms with E-state index in [1.165, 1.54) is 0 Å². The second-order valence-corrected chi connectivity index (χ2v) is 7.84. The number of hydrogen-bond donors (Lipinski definition) is 9. The molecule has 0 aromatic heterocycles. The monoisotopic (exact) mass is 479 g/mol. The van der Waals surface area contributed by atoms with Gasteiger partial charge < -0.3 is 38.3 Å². The first kappa shape index (κ1) is 28.8. The van der Waals surface area contributed by atoms with Gasteiger partial charge >= 0.3 is 5.97 Å². The lowest BCUT2D eigenvalue weighted by Crippen LogP contribution is -2.59. The average Bonchev–Trinajstić information content (AvgIpc) is 2.69. The Bertz CT molecular complexity index is 659. The zero-order valence-corrected chi connectivity index (χ0v) is 19.4. The number of aliphatic carboxylic acids is 1. The van der Waals surface area contributed by atoms with E-state index in [4.69, 9.17) is 22.3 Å². The maximum absolute atomic E-state index is 12.7. The van der Waals surface area contributed by atoms with Crippen LogP contribution in [0, 0.1) is 5.92 Å². The molecule has 4 atom stereocenters. The summed E-state index contributed by atoms with van der Waals surface area (Å²) in [6, 6.07) is -4.16. The molecule has 0 spiro atoms. The van der Waals surface area contributed by atoms with E-state index in [2.05, 4.69) is 46.2 Å². The van der Waals surface area contributed by atoms with Crippen LogP contribution in [0.4, 0.5) is 0 Å². The third-order valence-electron chi connectivity index (χ3n) is 4.16. The fourth-order valence-corrected chi connectivity index (χ4v) is 2.86. The molecular formula is C17H33N7O5S2. The molecule has 0 fully saturated rings. The second kappa shape index (κ2) is 14.8. The summed E-state index contributed by atoms with van der Waals surface area (Å²) in [7, 11) is 0. The Hall–Kier alpha value is -2.19. The third kappa shape index (κ3) is 11.1. The van der Waals surface area contributed by atoms with Gasteiger partial charge in [-0.25, -0.2) is 4.79 Å². The number of carbonyl (C=O) groups excluding carboxylic acids is 3. The zero-order chi connectivity index (χ0) is 24.1. The van der Waals surface area contributed by atoms with Crippen LogP contribution in [0.3, 0.4) is 0 Å². The minimum Gasteiger partial charge on any atom is -0.480 e. The molecule has 31 heavy (non-hydrogen) atoms. The van der Waals surface area contributed by atoms with Gasteiger partial charge in [0, 0.05) is 18.1 Å². The Morgan fingerprint density at radius 2 is 1.48 bits per heavy atom. The summed E-state index contributed by atoms with van der Waals surface area (Å²) < 4.78 is 0. The second-order valence-electron chi connectivity index (χ2n) is 7.11. The van der Waals surface area contributed by atoms with Crippen LogP contribution in [-0.2, 0) is 19.2 Å². The first-order chi connectivity index (χ1) is 14.4. The number of amides is 3. The molecule has 14 heteroatoms. The van der Waals surface area contributed by atoms with Crippen LogP contribution in [0.25, 0.3) is 0 Å². The largest absolute Gasteiger partial charge is 0.480 e. The van der Waals surface area contributed by atoms with Gasteiger partial charge in [-0.15, -0.1) is 0 Å². The summed E-state index contributed by atoms with van der Waals surface area (Å²) in [4.78, 5) is 52.2. The predicted octanol–water partition coefficient (Wildman–Crippen LogP) is -2.58. The number of guanidine groups is 1. The van der Waals surface area contributed by atoms with E-state index in [9.17, 15) is 19.2 Å². The number of carbonyl (C=O) groups is 4. The van der Waals surface area contributed by atoms with Crippen LogP contribution in [0.15, 0.2) is 4.99 Å². The molecule has 4 unspecified atom stereocenters. The smallest absolute Gasteiger partial charge is 0.327 e. The molecule has 10 N–H and O–H groups in total. The third-order valence-corrected chi connectivity index (χ3v) is 4.89. The highest BCUT2D eigenvalue weighted by Crippen LogP contribution is 2.05. The van der Waals surface area contributed by atoms with Crippen LogP contribution in [0.2, 0.25) is 0 Å². The first-order valence-electron chi connectivity index (χ1n) is 9.61. The quantitative estimate of drug-likeness (QED) is 0.0557. The lowest BCUT2D eigenvalue weighted by molar-refractivity contribution is -0.141. The van der Waals surface area contributed by atoms with E-state index < -0.39 is 47.9 Å². The molecule has 12 nitrogen and oxygen atoms in total. The summed E-state index contributed by atoms with van der Waals surface area (Å²) in [6.45, 7) is 3.75. The van der Waals surface area contributed by atoms with Gasteiger partial charge in [0.15, 0.2) is 5.96 Å². The number of carboxylic acid groups (broad SMARTS) is 1. The van der Waals surface area contributed by atoms with Crippen LogP contribution >= 0.6 is 25.3 Å². The van der Waals surface area contributed by atoms with Crippen molar-refractivity contribution >= 4 is 54.9 Å². The Balaban J connectivity index is 4.97. The molecule has 0 radical (unpaired) electrons. The minimum atomic E-state index is -1.26. The highest BCUT2D eigenvalue weighted by Gasteiger charge is 2.30. The molecule has 0 saturated carbocycles. The summed E-state index contributed by atoms with van der Waals surface area (Å²) in [6.07, 6.45) is 0.778. The summed E-state index contributed by atoms with van der Waals surface area (Å²) >= 11 is 7.91. The summed E-state index contributed by atoms with van der Waals surface area (Å²) in [5.74, 6) is -3.72. The minimum absolute atomic E-state index is 0.0543. The Labute approximate surface area is 192 Å². The summed E-state index contributed by atoms with van der Waals surface area (Å²) in [5.41, 5.74) is 16.3. The Morgan fingerprint density at radius 3 is 1.94 bits per heavy atom. The lowest BCUT2D eigenvalue weighted by atomic mass is 10.0. The number of rotatable bonds is 14. The van der Waals surface area contributed by atoms with Gasteiger partial charge in [-0.05, 0) is 18.8 Å². The Kier molecular flexibility index (Phi) is 13.7. The fraction of sp³-hybridized carbons (Fsp3) is 0.706. The van der Waals surface area contributed by atoms with Gasteiger partial charge in [0.1, 0.15) is 18.1 Å². The van der Waals surface area contributed by atoms with Crippen LogP contribution < -0.4 is 33.2 Å². The highest BCUT2D eigenvalue weighted by atomic mass is 32.1. The van der Waals surface area contributed by atoms with Crippen LogP contribution in [0.1, 0.15) is 26.7 Å². The van der Waals surface area contributed by atoms with E-state index in [1.807, 2.05) is 0 Å². The highest BCUT2D eigenvalue weighted by molar-refractivity contribution is 7.80. The SMILES string of the molecule is CC(C)C(NC(=O)C(N)CCCN=C(N)N)C(=O)NC(CS)C(=O)NC(CS)C(=O)O. The molecule has 0 rings (SSSR count). The van der Waals surface area contributed by atoms with Crippen molar-refractivity contribution in [2.45, 2.75) is 50.9 Å². The van der Waals surface area contributed by atoms with E-state index in [-0.39, 0.29) is 23.4 Å². The number of nitrogens with one attached hydrogen (secondary N) is 3. The van der Waals surface area contributed by atoms with Gasteiger partial charge in [0.05, 0.1) is 6.04 Å². The molecular weight excluding hydrogens is 446 g/mol. The van der Waals surface area contributed by atoms with E-state index in [0.29, 0.717) is 19.4 Å². The van der Waals surface area contributed by atoms with Gasteiger partial charge in [0.2, 0.25) is 17.7 Å². The van der Waals surface area contributed by atoms with Crippen molar-refractivity contribution in [2.75, 3.05) is 18.1 Å². The number of hydrogen-bond acceptors (Lipinski definition) is 8. The van der Waals surface area contributed by atoms with Crippen molar-refractivity contribution in [2.24, 2.45) is 28.1 Å². The molecule has 3 amide bonds. The number of aliphatic imine (C=N–C) groups is 1. The molecule has 0 heterocycles. The number of nitrogens with zero attached hydrogens (tertiary/aromatic N) is 1. The van der Waals surface area contributed by atoms with Crippen molar-refractivity contribution in [3.8, 4) is 0 Å². The van der Waals surface area contributed by atoms with Crippen molar-refractivity contribution in [1.29, 1.82) is 0 Å². The van der Waals surface area contributed by atoms with Crippen molar-refractivity contribution in [3.05, 3.63) is 0 Å². The molecule has 0 bridgehead atoms. The molecule has 0 saturated heterocycles. The van der Waals surface area contributed by atoms with E-state index in [1.54, 1.807) is 13.8 Å². The lowest BCUT2D eigenvalue weighted by Gasteiger charge is -2.26. The van der Waals surface area contributed by atoms with E-state index in [0.717, 1.165) is 0 Å². The van der Waals surface area contributed by atoms with Gasteiger partial charge in [-0.2, -0.15) is 25.3 Å². The van der Waals surface area contributed by atoms with Crippen molar-refractivity contribution in [1.82, 2.24) is 16.0 Å². The van der Waals surface area contributed by atoms with Crippen LogP contribution in [-0.4, -0.2) is 77.0 Å². The number of nitrogens with two attached hydrogens (primary N) is 3. The average molecular weight is 480 g/mol. The van der Waals surface area contributed by atoms with Gasteiger partial charge in [0.25, 0.3) is 0 Å². The standard InChI is InChI=1S/C17H33N7O5S2/c1-8(2)12(24-13(25)9(18)4-3-5-21-17(19)20)15(27)22-10(6-30)14(26)23-11(7-31)16(28)29/h8-12,30-31H,3-7,18H2,1-2H3,(H,22,27)(H,23,26)(H,24,25)(H,28,29)(H4,19,20,21). The van der Waals surface area contributed by atoms with Crippen LogP contribution in [0.5, 0.6) is 0 Å².